The zero-order chi connectivity index (χ0) is 14.2. The molecule has 0 aliphatic heterocycles. The molecular weight excluding hydrogens is 255 g/mol. The smallest absolute Gasteiger partial charge is 0.398 e. The summed E-state index contributed by atoms with van der Waals surface area (Å²) in [4.78, 5) is 0. The quantitative estimate of drug-likeness (QED) is 0.848. The summed E-state index contributed by atoms with van der Waals surface area (Å²) in [6.07, 6.45) is -2.76. The number of halogens is 3. The first-order valence-corrected chi connectivity index (χ1v) is 5.84. The SMILES string of the molecule is CCn1ncc(-c2ccc(C(F)(F)F)cc2N)c1C. The van der Waals surface area contributed by atoms with Crippen LogP contribution in [0, 0.1) is 6.92 Å². The third kappa shape index (κ3) is 2.43. The predicted octanol–water partition coefficient (Wildman–Crippen LogP) is 3.48. The van der Waals surface area contributed by atoms with Gasteiger partial charge in [0.15, 0.2) is 0 Å². The highest BCUT2D eigenvalue weighted by Gasteiger charge is 2.31. The molecule has 6 heteroatoms. The standard InChI is InChI=1S/C13H14F3N3/c1-3-19-8(2)11(7-18-19)10-5-4-9(6-12(10)17)13(14,15)16/h4-7H,3,17H2,1-2H3. The first kappa shape index (κ1) is 13.5. The lowest BCUT2D eigenvalue weighted by molar-refractivity contribution is -0.137. The van der Waals surface area contributed by atoms with Crippen molar-refractivity contribution in [1.29, 1.82) is 0 Å². The van der Waals surface area contributed by atoms with Gasteiger partial charge in [-0.1, -0.05) is 6.07 Å². The van der Waals surface area contributed by atoms with Crippen LogP contribution in [0.2, 0.25) is 0 Å². The van der Waals surface area contributed by atoms with E-state index in [4.69, 9.17) is 5.73 Å². The van der Waals surface area contributed by atoms with Crippen molar-refractivity contribution in [2.75, 3.05) is 5.73 Å². The molecular formula is C13H14F3N3. The van der Waals surface area contributed by atoms with Crippen molar-refractivity contribution in [1.82, 2.24) is 9.78 Å². The summed E-state index contributed by atoms with van der Waals surface area (Å²) in [6.45, 7) is 4.51. The number of alkyl halides is 3. The average Bonchev–Trinajstić information content (AvgIpc) is 2.69. The Morgan fingerprint density at radius 1 is 1.26 bits per heavy atom. The van der Waals surface area contributed by atoms with Crippen LogP contribution in [0.5, 0.6) is 0 Å². The van der Waals surface area contributed by atoms with Crippen LogP contribution in [0.15, 0.2) is 24.4 Å². The van der Waals surface area contributed by atoms with Crippen LogP contribution in [0.4, 0.5) is 18.9 Å². The summed E-state index contributed by atoms with van der Waals surface area (Å²) in [6, 6.07) is 3.38. The van der Waals surface area contributed by atoms with Crippen molar-refractivity contribution in [3.05, 3.63) is 35.7 Å². The molecule has 0 saturated heterocycles. The maximum atomic E-state index is 12.6. The Bertz CT molecular complexity index is 600. The van der Waals surface area contributed by atoms with Crippen molar-refractivity contribution in [2.24, 2.45) is 0 Å². The summed E-state index contributed by atoms with van der Waals surface area (Å²) in [7, 11) is 0. The molecule has 0 radical (unpaired) electrons. The molecule has 2 rings (SSSR count). The van der Waals surface area contributed by atoms with E-state index in [-0.39, 0.29) is 5.69 Å². The van der Waals surface area contributed by atoms with Crippen molar-refractivity contribution in [2.45, 2.75) is 26.6 Å². The molecule has 3 nitrogen and oxygen atoms in total. The lowest BCUT2D eigenvalue weighted by Gasteiger charge is -2.11. The fraction of sp³-hybridized carbons (Fsp3) is 0.308. The lowest BCUT2D eigenvalue weighted by atomic mass is 10.0. The number of anilines is 1. The predicted molar refractivity (Wildman–Crippen MR) is 67.5 cm³/mol. The molecule has 0 unspecified atom stereocenters. The number of nitrogens with two attached hydrogens (primary N) is 1. The Kier molecular flexibility index (Phi) is 3.26. The fourth-order valence-corrected chi connectivity index (χ4v) is 2.01. The first-order chi connectivity index (χ1) is 8.84. The largest absolute Gasteiger partial charge is 0.416 e. The summed E-state index contributed by atoms with van der Waals surface area (Å²) < 4.78 is 39.5. The summed E-state index contributed by atoms with van der Waals surface area (Å²) in [5.41, 5.74) is 7.31. The number of hydrogen-bond acceptors (Lipinski definition) is 2. The van der Waals surface area contributed by atoms with Gasteiger partial charge in [-0.3, -0.25) is 4.68 Å². The van der Waals surface area contributed by atoms with Crippen LogP contribution in [-0.4, -0.2) is 9.78 Å². The highest BCUT2D eigenvalue weighted by Crippen LogP contribution is 2.35. The van der Waals surface area contributed by atoms with E-state index in [1.165, 1.54) is 6.07 Å². The third-order valence-corrected chi connectivity index (χ3v) is 3.07. The summed E-state index contributed by atoms with van der Waals surface area (Å²) in [5.74, 6) is 0. The van der Waals surface area contributed by atoms with Gasteiger partial charge in [0.25, 0.3) is 0 Å². The number of aromatic nitrogens is 2. The molecule has 0 fully saturated rings. The van der Waals surface area contributed by atoms with Crippen LogP contribution in [-0.2, 0) is 12.7 Å². The zero-order valence-electron chi connectivity index (χ0n) is 10.6. The monoisotopic (exact) mass is 269 g/mol. The highest BCUT2D eigenvalue weighted by atomic mass is 19.4. The maximum Gasteiger partial charge on any atom is 0.416 e. The lowest BCUT2D eigenvalue weighted by Crippen LogP contribution is -2.06. The Morgan fingerprint density at radius 3 is 2.42 bits per heavy atom. The Hall–Kier alpha value is -1.98. The highest BCUT2D eigenvalue weighted by molar-refractivity contribution is 5.78. The van der Waals surface area contributed by atoms with Crippen LogP contribution in [0.3, 0.4) is 0 Å². The number of hydrogen-bond donors (Lipinski definition) is 1. The van der Waals surface area contributed by atoms with Gasteiger partial charge in [-0.2, -0.15) is 18.3 Å². The van der Waals surface area contributed by atoms with E-state index in [9.17, 15) is 13.2 Å². The molecule has 2 N–H and O–H groups in total. The van der Waals surface area contributed by atoms with Gasteiger partial charge in [0.2, 0.25) is 0 Å². The first-order valence-electron chi connectivity index (χ1n) is 5.84. The molecule has 1 heterocycles. The molecule has 0 amide bonds. The number of benzene rings is 1. The molecule has 1 aromatic heterocycles. The molecule has 2 aromatic rings. The molecule has 0 spiro atoms. The van der Waals surface area contributed by atoms with Gasteiger partial charge in [0.05, 0.1) is 11.8 Å². The molecule has 0 saturated carbocycles. The van der Waals surface area contributed by atoms with E-state index in [1.807, 2.05) is 13.8 Å². The molecule has 0 aliphatic carbocycles. The van der Waals surface area contributed by atoms with Crippen LogP contribution in [0.1, 0.15) is 18.2 Å². The zero-order valence-corrected chi connectivity index (χ0v) is 10.6. The van der Waals surface area contributed by atoms with E-state index in [1.54, 1.807) is 10.9 Å². The third-order valence-electron chi connectivity index (χ3n) is 3.07. The number of nitrogen functional groups attached to an aromatic ring is 1. The number of aryl methyl sites for hydroxylation is 1. The van der Waals surface area contributed by atoms with Gasteiger partial charge in [-0.25, -0.2) is 0 Å². The second kappa shape index (κ2) is 4.60. The van der Waals surface area contributed by atoms with Gasteiger partial charge in [0, 0.05) is 29.1 Å². The molecule has 0 bridgehead atoms. The summed E-state index contributed by atoms with van der Waals surface area (Å²) in [5, 5.41) is 4.16. The normalized spacial score (nSPS) is 11.8. The summed E-state index contributed by atoms with van der Waals surface area (Å²) >= 11 is 0. The Labute approximate surface area is 108 Å². The van der Waals surface area contributed by atoms with E-state index in [0.29, 0.717) is 12.1 Å². The van der Waals surface area contributed by atoms with Gasteiger partial charge in [0.1, 0.15) is 0 Å². The van der Waals surface area contributed by atoms with Crippen molar-refractivity contribution >= 4 is 5.69 Å². The number of nitrogens with zero attached hydrogens (tertiary/aromatic N) is 2. The van der Waals surface area contributed by atoms with E-state index >= 15 is 0 Å². The molecule has 102 valence electrons. The van der Waals surface area contributed by atoms with Crippen molar-refractivity contribution < 1.29 is 13.2 Å². The maximum absolute atomic E-state index is 12.6. The average molecular weight is 269 g/mol. The minimum absolute atomic E-state index is 0.105. The van der Waals surface area contributed by atoms with Crippen molar-refractivity contribution in [3.63, 3.8) is 0 Å². The second-order valence-electron chi connectivity index (χ2n) is 4.26. The van der Waals surface area contributed by atoms with Gasteiger partial charge < -0.3 is 5.73 Å². The Morgan fingerprint density at radius 2 is 1.95 bits per heavy atom. The molecule has 0 aliphatic rings. The number of rotatable bonds is 2. The minimum Gasteiger partial charge on any atom is -0.398 e. The second-order valence-corrected chi connectivity index (χ2v) is 4.26. The van der Waals surface area contributed by atoms with E-state index in [2.05, 4.69) is 5.10 Å². The Balaban J connectivity index is 2.49. The molecule has 1 aromatic carbocycles. The van der Waals surface area contributed by atoms with Gasteiger partial charge in [-0.05, 0) is 26.0 Å². The molecule has 19 heavy (non-hydrogen) atoms. The van der Waals surface area contributed by atoms with E-state index in [0.717, 1.165) is 23.4 Å². The topological polar surface area (TPSA) is 43.8 Å². The molecule has 0 atom stereocenters. The van der Waals surface area contributed by atoms with Gasteiger partial charge in [-0.15, -0.1) is 0 Å². The van der Waals surface area contributed by atoms with Crippen molar-refractivity contribution in [3.8, 4) is 11.1 Å². The van der Waals surface area contributed by atoms with Crippen LogP contribution < -0.4 is 5.73 Å². The van der Waals surface area contributed by atoms with E-state index < -0.39 is 11.7 Å². The van der Waals surface area contributed by atoms with Gasteiger partial charge >= 0.3 is 6.18 Å². The minimum atomic E-state index is -4.38. The fourth-order valence-electron chi connectivity index (χ4n) is 2.01. The van der Waals surface area contributed by atoms with Crippen LogP contribution >= 0.6 is 0 Å². The van der Waals surface area contributed by atoms with Crippen LogP contribution in [0.25, 0.3) is 11.1 Å².